The molecule has 45 heavy (non-hydrogen) atoms. The topological polar surface area (TPSA) is 252 Å². The fourth-order valence-electron chi connectivity index (χ4n) is 4.58. The first-order chi connectivity index (χ1) is 21.1. The highest BCUT2D eigenvalue weighted by Crippen LogP contribution is 2.37. The number of rotatable bonds is 10. The van der Waals surface area contributed by atoms with Crippen molar-refractivity contribution >= 4 is 70.8 Å². The van der Waals surface area contributed by atoms with Crippen molar-refractivity contribution in [2.75, 3.05) is 42.3 Å². The van der Waals surface area contributed by atoms with Gasteiger partial charge < -0.3 is 41.8 Å². The van der Waals surface area contributed by atoms with Gasteiger partial charge in [0.2, 0.25) is 11.9 Å². The Kier molecular flexibility index (Phi) is 11.5. The van der Waals surface area contributed by atoms with E-state index in [4.69, 9.17) is 32.5 Å². The van der Waals surface area contributed by atoms with Gasteiger partial charge >= 0.3 is 12.1 Å². The van der Waals surface area contributed by atoms with Crippen LogP contribution in [0.3, 0.4) is 0 Å². The first kappa shape index (κ1) is 34.4. The molecule has 1 aromatic carbocycles. The van der Waals surface area contributed by atoms with E-state index in [1.807, 2.05) is 13.0 Å². The van der Waals surface area contributed by atoms with Crippen molar-refractivity contribution in [3.05, 3.63) is 34.6 Å². The molecular weight excluding hydrogens is 631 g/mol. The molecule has 3 heterocycles. The molecule has 4 rings (SSSR count). The summed E-state index contributed by atoms with van der Waals surface area (Å²) in [6.07, 6.45) is -0.427. The average molecular weight is 662 g/mol. The van der Waals surface area contributed by atoms with Gasteiger partial charge in [-0.2, -0.15) is 20.0 Å². The lowest BCUT2D eigenvalue weighted by molar-refractivity contribution is -0.153. The number of nitriles is 2. The molecule has 17 nitrogen and oxygen atoms in total. The predicted octanol–water partition coefficient (Wildman–Crippen LogP) is 1.17. The fraction of sp³-hybridized carbons (Fsp3) is 0.385. The number of hydrogen-bond acceptors (Lipinski definition) is 14. The van der Waals surface area contributed by atoms with Crippen molar-refractivity contribution < 1.29 is 23.9 Å². The molecule has 2 aromatic heterocycles. The number of esters is 1. The summed E-state index contributed by atoms with van der Waals surface area (Å²) < 4.78 is 11.6. The Morgan fingerprint density at radius 2 is 2.02 bits per heavy atom. The highest BCUT2D eigenvalue weighted by molar-refractivity contribution is 6.36. The van der Waals surface area contributed by atoms with E-state index in [2.05, 4.69) is 37.1 Å². The van der Waals surface area contributed by atoms with E-state index in [0.29, 0.717) is 30.2 Å². The molecule has 1 unspecified atom stereocenters. The summed E-state index contributed by atoms with van der Waals surface area (Å²) >= 11 is 6.86. The SMILES string of the molecule is CCNc1nc(Nc2cc(C#N)cc(N3CC[C@@H](NC(=O)OC)[C@H](OC(=O)C(N)CC(N)=O)C3)c2Cl)nn2c(C#N)cnc12.Cl. The van der Waals surface area contributed by atoms with Crippen molar-refractivity contribution in [3.63, 3.8) is 0 Å². The lowest BCUT2D eigenvalue weighted by Gasteiger charge is -2.40. The summed E-state index contributed by atoms with van der Waals surface area (Å²) in [5, 5.41) is 32.6. The molecule has 7 N–H and O–H groups in total. The number of nitrogens with two attached hydrogens (primary N) is 2. The number of primary amides is 1. The van der Waals surface area contributed by atoms with Crippen molar-refractivity contribution in [3.8, 4) is 12.1 Å². The highest BCUT2D eigenvalue weighted by atomic mass is 35.5. The maximum Gasteiger partial charge on any atom is 0.407 e. The second kappa shape index (κ2) is 15.1. The number of hydrogen-bond donors (Lipinski definition) is 5. The van der Waals surface area contributed by atoms with Gasteiger partial charge in [0.1, 0.15) is 18.2 Å². The Labute approximate surface area is 268 Å². The molecule has 3 atom stereocenters. The number of nitrogens with one attached hydrogen (secondary N) is 3. The van der Waals surface area contributed by atoms with Crippen molar-refractivity contribution in [1.82, 2.24) is 24.9 Å². The van der Waals surface area contributed by atoms with Gasteiger partial charge in [0.05, 0.1) is 60.3 Å². The number of benzene rings is 1. The van der Waals surface area contributed by atoms with Gasteiger partial charge in [0, 0.05) is 13.1 Å². The lowest BCUT2D eigenvalue weighted by Crippen LogP contribution is -2.56. The zero-order valence-electron chi connectivity index (χ0n) is 24.1. The van der Waals surface area contributed by atoms with Gasteiger partial charge in [-0.1, -0.05) is 11.6 Å². The first-order valence-corrected chi connectivity index (χ1v) is 13.7. The molecule has 0 saturated carbocycles. The van der Waals surface area contributed by atoms with E-state index in [-0.39, 0.29) is 53.3 Å². The Balaban J connectivity index is 0.00000552. The minimum atomic E-state index is -1.30. The van der Waals surface area contributed by atoms with E-state index >= 15 is 0 Å². The summed E-state index contributed by atoms with van der Waals surface area (Å²) in [6, 6.07) is 5.24. The number of piperidine rings is 1. The van der Waals surface area contributed by atoms with Crippen LogP contribution in [-0.2, 0) is 19.1 Å². The van der Waals surface area contributed by atoms with E-state index in [0.717, 1.165) is 0 Å². The molecule has 0 spiro atoms. The Morgan fingerprint density at radius 3 is 2.67 bits per heavy atom. The molecule has 0 bridgehead atoms. The largest absolute Gasteiger partial charge is 0.457 e. The number of imidazole rings is 1. The highest BCUT2D eigenvalue weighted by Gasteiger charge is 2.36. The van der Waals surface area contributed by atoms with Gasteiger partial charge in [-0.3, -0.25) is 9.59 Å². The summed E-state index contributed by atoms with van der Waals surface area (Å²) in [5.41, 5.74) is 12.4. The summed E-state index contributed by atoms with van der Waals surface area (Å²) in [6.45, 7) is 2.76. The lowest BCUT2D eigenvalue weighted by atomic mass is 10.00. The molecule has 2 amide bonds. The molecule has 19 heteroatoms. The van der Waals surface area contributed by atoms with Crippen molar-refractivity contribution in [2.45, 2.75) is 38.0 Å². The van der Waals surface area contributed by atoms with Crippen LogP contribution >= 0.6 is 24.0 Å². The molecule has 1 aliphatic heterocycles. The van der Waals surface area contributed by atoms with Crippen molar-refractivity contribution in [1.29, 1.82) is 10.5 Å². The van der Waals surface area contributed by atoms with Crippen LogP contribution in [0, 0.1) is 22.7 Å². The summed E-state index contributed by atoms with van der Waals surface area (Å²) in [5.74, 6) is -1.21. The van der Waals surface area contributed by atoms with Crippen LogP contribution in [0.4, 0.5) is 27.9 Å². The standard InChI is InChI=1S/C26H29ClN12O5.ClH/c1-3-32-22-23-33-11-14(10-29)39(23)37-25(36-22)34-17-6-13(9-28)7-18(21(17)27)38-5-4-16(35-26(42)43-2)19(12-38)44-24(41)15(30)8-20(31)40;/h6-7,11,15-16,19H,3-5,8,12,30H2,1-2H3,(H2,31,40)(H,35,42)(H2,32,34,36,37);1H/t15?,16-,19-;/m1./s1. The van der Waals surface area contributed by atoms with Crippen LogP contribution in [0.2, 0.25) is 5.02 Å². The Hall–Kier alpha value is -5.10. The number of amides is 2. The van der Waals surface area contributed by atoms with E-state index in [1.165, 1.54) is 23.9 Å². The van der Waals surface area contributed by atoms with E-state index in [1.54, 1.807) is 11.0 Å². The van der Waals surface area contributed by atoms with E-state index in [9.17, 15) is 24.9 Å². The molecule has 1 saturated heterocycles. The van der Waals surface area contributed by atoms with Crippen LogP contribution in [-0.4, -0.2) is 82.5 Å². The molecular formula is C26H30Cl2N12O5. The summed E-state index contributed by atoms with van der Waals surface area (Å²) in [4.78, 5) is 46.4. The smallest absolute Gasteiger partial charge is 0.407 e. The number of methoxy groups -OCH3 is 1. The molecule has 1 fully saturated rings. The number of nitrogens with zero attached hydrogens (tertiary/aromatic N) is 7. The predicted molar refractivity (Wildman–Crippen MR) is 164 cm³/mol. The molecule has 0 radical (unpaired) electrons. The number of anilines is 4. The van der Waals surface area contributed by atoms with Gasteiger partial charge in [-0.15, -0.1) is 17.5 Å². The van der Waals surface area contributed by atoms with Crippen molar-refractivity contribution in [2.24, 2.45) is 11.5 Å². The molecule has 3 aromatic rings. The number of halogens is 2. The van der Waals surface area contributed by atoms with Crippen LogP contribution in [0.1, 0.15) is 31.0 Å². The van der Waals surface area contributed by atoms with Crippen LogP contribution < -0.4 is 32.3 Å². The maximum atomic E-state index is 12.7. The molecule has 238 valence electrons. The van der Waals surface area contributed by atoms with Crippen LogP contribution in [0.5, 0.6) is 0 Å². The van der Waals surface area contributed by atoms with Crippen LogP contribution in [0.25, 0.3) is 5.65 Å². The fourth-order valence-corrected chi connectivity index (χ4v) is 4.85. The van der Waals surface area contributed by atoms with Gasteiger partial charge in [0.15, 0.2) is 17.2 Å². The second-order valence-electron chi connectivity index (χ2n) is 9.63. The third kappa shape index (κ3) is 7.90. The van der Waals surface area contributed by atoms with E-state index < -0.39 is 42.6 Å². The van der Waals surface area contributed by atoms with Gasteiger partial charge in [-0.05, 0) is 25.5 Å². The zero-order valence-corrected chi connectivity index (χ0v) is 25.7. The minimum Gasteiger partial charge on any atom is -0.457 e. The average Bonchev–Trinajstić information content (AvgIpc) is 3.42. The summed E-state index contributed by atoms with van der Waals surface area (Å²) in [7, 11) is 1.20. The van der Waals surface area contributed by atoms with Gasteiger partial charge in [0.25, 0.3) is 0 Å². The normalized spacial score (nSPS) is 16.4. The number of carbonyl (C=O) groups excluding carboxylic acids is 3. The molecule has 0 aliphatic carbocycles. The third-order valence-corrected chi connectivity index (χ3v) is 7.03. The monoisotopic (exact) mass is 660 g/mol. The Bertz CT molecular complexity index is 1670. The second-order valence-corrected chi connectivity index (χ2v) is 10.0. The van der Waals surface area contributed by atoms with Gasteiger partial charge in [-0.25, -0.2) is 9.78 Å². The number of alkyl carbamates (subject to hydrolysis) is 1. The number of carbonyl (C=O) groups is 3. The number of aromatic nitrogens is 4. The number of fused-ring (bicyclic) bond motifs is 1. The minimum absolute atomic E-state index is 0. The Morgan fingerprint density at radius 1 is 1.27 bits per heavy atom. The zero-order chi connectivity index (χ0) is 32.0. The quantitative estimate of drug-likeness (QED) is 0.191. The maximum absolute atomic E-state index is 12.7. The first-order valence-electron chi connectivity index (χ1n) is 13.3. The molecule has 1 aliphatic rings. The van der Waals surface area contributed by atoms with Crippen LogP contribution in [0.15, 0.2) is 18.3 Å². The third-order valence-electron chi connectivity index (χ3n) is 6.63. The number of ether oxygens (including phenoxy) is 2.